The molecule has 1 aliphatic rings. The Labute approximate surface area is 84.6 Å². The molecular formula is C9H11F3N2O. The van der Waals surface area contributed by atoms with Crippen molar-refractivity contribution in [1.29, 1.82) is 0 Å². The predicted molar refractivity (Wildman–Crippen MR) is 46.3 cm³/mol. The third-order valence-corrected chi connectivity index (χ3v) is 2.57. The Morgan fingerprint density at radius 3 is 2.87 bits per heavy atom. The number of rotatable bonds is 1. The summed E-state index contributed by atoms with van der Waals surface area (Å²) in [6, 6.07) is 0. The minimum Gasteiger partial charge on any atom is -0.360 e. The van der Waals surface area contributed by atoms with Crippen LogP contribution in [0, 0.1) is 0 Å². The number of nitrogens with zero attached hydrogens (tertiary/aromatic N) is 1. The lowest BCUT2D eigenvalue weighted by atomic mass is 9.94. The molecule has 0 amide bonds. The Morgan fingerprint density at radius 1 is 1.47 bits per heavy atom. The Bertz CT molecular complexity index is 328. The molecule has 1 fully saturated rings. The van der Waals surface area contributed by atoms with E-state index in [0.29, 0.717) is 13.0 Å². The highest BCUT2D eigenvalue weighted by atomic mass is 19.4. The summed E-state index contributed by atoms with van der Waals surface area (Å²) in [6.45, 7) is 1.38. The summed E-state index contributed by atoms with van der Waals surface area (Å²) in [5, 5.41) is 6.29. The molecule has 2 heterocycles. The maximum atomic E-state index is 12.5. The van der Waals surface area contributed by atoms with E-state index in [9.17, 15) is 13.2 Å². The number of hydrogen-bond donors (Lipinski definition) is 1. The van der Waals surface area contributed by atoms with Crippen LogP contribution in [0.3, 0.4) is 0 Å². The molecule has 1 aromatic heterocycles. The Hall–Kier alpha value is -1.04. The van der Waals surface area contributed by atoms with Gasteiger partial charge < -0.3 is 9.84 Å². The van der Waals surface area contributed by atoms with Crippen LogP contribution in [-0.4, -0.2) is 18.2 Å². The number of piperidine rings is 1. The monoisotopic (exact) mass is 220 g/mol. The molecule has 1 unspecified atom stereocenters. The van der Waals surface area contributed by atoms with Gasteiger partial charge in [0.15, 0.2) is 5.76 Å². The van der Waals surface area contributed by atoms with Crippen molar-refractivity contribution in [2.24, 2.45) is 0 Å². The number of aromatic nitrogens is 1. The van der Waals surface area contributed by atoms with Gasteiger partial charge in [-0.1, -0.05) is 5.16 Å². The molecule has 1 aromatic rings. The summed E-state index contributed by atoms with van der Waals surface area (Å²) in [5.74, 6) is -0.243. The molecule has 0 radical (unpaired) electrons. The average molecular weight is 220 g/mol. The molecular weight excluding hydrogens is 209 g/mol. The van der Waals surface area contributed by atoms with Gasteiger partial charge in [0.2, 0.25) is 0 Å². The first-order valence-corrected chi connectivity index (χ1v) is 4.81. The van der Waals surface area contributed by atoms with Crippen molar-refractivity contribution in [3.8, 4) is 0 Å². The van der Waals surface area contributed by atoms with Crippen molar-refractivity contribution in [1.82, 2.24) is 10.5 Å². The minimum atomic E-state index is -4.37. The first-order valence-electron chi connectivity index (χ1n) is 4.81. The highest BCUT2D eigenvalue weighted by Gasteiger charge is 2.38. The molecule has 1 atom stereocenters. The molecule has 2 rings (SSSR count). The van der Waals surface area contributed by atoms with Crippen molar-refractivity contribution in [3.63, 3.8) is 0 Å². The lowest BCUT2D eigenvalue weighted by Gasteiger charge is -2.21. The van der Waals surface area contributed by atoms with Crippen molar-refractivity contribution in [2.75, 3.05) is 13.1 Å². The normalized spacial score (nSPS) is 23.0. The molecule has 0 spiro atoms. The zero-order valence-corrected chi connectivity index (χ0v) is 7.97. The van der Waals surface area contributed by atoms with E-state index in [1.807, 2.05) is 0 Å². The van der Waals surface area contributed by atoms with Crippen molar-refractivity contribution in [3.05, 3.63) is 17.5 Å². The van der Waals surface area contributed by atoms with Crippen LogP contribution in [0.2, 0.25) is 0 Å². The topological polar surface area (TPSA) is 38.1 Å². The first kappa shape index (κ1) is 10.5. The Morgan fingerprint density at radius 2 is 2.27 bits per heavy atom. The fourth-order valence-electron chi connectivity index (χ4n) is 1.83. The SMILES string of the molecule is FC(F)(F)c1cnoc1C1CCCNC1. The number of halogens is 3. The molecule has 1 aliphatic heterocycles. The van der Waals surface area contributed by atoms with E-state index in [1.165, 1.54) is 0 Å². The molecule has 15 heavy (non-hydrogen) atoms. The average Bonchev–Trinajstić information content (AvgIpc) is 2.67. The van der Waals surface area contributed by atoms with Crippen LogP contribution in [0.4, 0.5) is 13.2 Å². The summed E-state index contributed by atoms with van der Waals surface area (Å²) >= 11 is 0. The molecule has 0 saturated carbocycles. The quantitative estimate of drug-likeness (QED) is 0.788. The summed E-state index contributed by atoms with van der Waals surface area (Å²) in [4.78, 5) is 0. The van der Waals surface area contributed by atoms with E-state index in [2.05, 4.69) is 10.5 Å². The highest BCUT2D eigenvalue weighted by molar-refractivity contribution is 5.21. The van der Waals surface area contributed by atoms with E-state index in [4.69, 9.17) is 4.52 Å². The van der Waals surface area contributed by atoms with Crippen LogP contribution in [0.5, 0.6) is 0 Å². The van der Waals surface area contributed by atoms with Crippen LogP contribution >= 0.6 is 0 Å². The van der Waals surface area contributed by atoms with Crippen LogP contribution in [0.1, 0.15) is 30.1 Å². The van der Waals surface area contributed by atoms with Gasteiger partial charge in [-0.15, -0.1) is 0 Å². The third kappa shape index (κ3) is 2.14. The van der Waals surface area contributed by atoms with Crippen molar-refractivity contribution < 1.29 is 17.7 Å². The van der Waals surface area contributed by atoms with E-state index >= 15 is 0 Å². The van der Waals surface area contributed by atoms with Crippen LogP contribution in [0.15, 0.2) is 10.7 Å². The molecule has 0 aliphatic carbocycles. The Kier molecular flexibility index (Phi) is 2.68. The van der Waals surface area contributed by atoms with Crippen LogP contribution < -0.4 is 5.32 Å². The van der Waals surface area contributed by atoms with Gasteiger partial charge in [0.25, 0.3) is 0 Å². The van der Waals surface area contributed by atoms with Crippen molar-refractivity contribution >= 4 is 0 Å². The lowest BCUT2D eigenvalue weighted by molar-refractivity contribution is -0.139. The molecule has 0 aromatic carbocycles. The van der Waals surface area contributed by atoms with Gasteiger partial charge in [-0.25, -0.2) is 0 Å². The van der Waals surface area contributed by atoms with E-state index in [-0.39, 0.29) is 11.7 Å². The van der Waals surface area contributed by atoms with E-state index in [0.717, 1.165) is 19.2 Å². The Balaban J connectivity index is 2.24. The van der Waals surface area contributed by atoms with Gasteiger partial charge in [0, 0.05) is 12.5 Å². The third-order valence-electron chi connectivity index (χ3n) is 2.57. The molecule has 3 nitrogen and oxygen atoms in total. The van der Waals surface area contributed by atoms with Gasteiger partial charge in [0.05, 0.1) is 6.20 Å². The van der Waals surface area contributed by atoms with E-state index in [1.54, 1.807) is 0 Å². The maximum absolute atomic E-state index is 12.5. The van der Waals surface area contributed by atoms with Gasteiger partial charge in [-0.05, 0) is 19.4 Å². The number of hydrogen-bond acceptors (Lipinski definition) is 3. The second-order valence-corrected chi connectivity index (χ2v) is 3.64. The summed E-state index contributed by atoms with van der Waals surface area (Å²) in [6.07, 6.45) is -2.04. The van der Waals surface area contributed by atoms with Gasteiger partial charge in [-0.3, -0.25) is 0 Å². The predicted octanol–water partition coefficient (Wildman–Crippen LogP) is 2.16. The highest BCUT2D eigenvalue weighted by Crippen LogP contribution is 2.36. The maximum Gasteiger partial charge on any atom is 0.421 e. The zero-order valence-electron chi connectivity index (χ0n) is 7.97. The number of alkyl halides is 3. The van der Waals surface area contributed by atoms with Crippen molar-refractivity contribution in [2.45, 2.75) is 24.9 Å². The van der Waals surface area contributed by atoms with Gasteiger partial charge >= 0.3 is 6.18 Å². The molecule has 0 bridgehead atoms. The van der Waals surface area contributed by atoms with Crippen LogP contribution in [0.25, 0.3) is 0 Å². The lowest BCUT2D eigenvalue weighted by Crippen LogP contribution is -2.29. The second kappa shape index (κ2) is 3.84. The van der Waals surface area contributed by atoms with Gasteiger partial charge in [0.1, 0.15) is 5.56 Å². The van der Waals surface area contributed by atoms with E-state index < -0.39 is 11.7 Å². The zero-order chi connectivity index (χ0) is 10.9. The second-order valence-electron chi connectivity index (χ2n) is 3.64. The molecule has 84 valence electrons. The summed E-state index contributed by atoms with van der Waals surface area (Å²) in [7, 11) is 0. The molecule has 1 saturated heterocycles. The smallest absolute Gasteiger partial charge is 0.360 e. The largest absolute Gasteiger partial charge is 0.421 e. The number of nitrogens with one attached hydrogen (secondary N) is 1. The summed E-state index contributed by atoms with van der Waals surface area (Å²) in [5.41, 5.74) is -0.740. The first-order chi connectivity index (χ1) is 7.09. The minimum absolute atomic E-state index is 0.0327. The van der Waals surface area contributed by atoms with Crippen LogP contribution in [-0.2, 0) is 6.18 Å². The fraction of sp³-hybridized carbons (Fsp3) is 0.667. The molecule has 6 heteroatoms. The summed E-state index contributed by atoms with van der Waals surface area (Å²) < 4.78 is 42.3. The fourth-order valence-corrected chi connectivity index (χ4v) is 1.83. The van der Waals surface area contributed by atoms with Gasteiger partial charge in [-0.2, -0.15) is 13.2 Å². The molecule has 1 N–H and O–H groups in total. The standard InChI is InChI=1S/C9H11F3N2O/c10-9(11,12)7-5-14-15-8(7)6-2-1-3-13-4-6/h5-6,13H,1-4H2.